The van der Waals surface area contributed by atoms with Crippen LogP contribution in [-0.4, -0.2) is 29.8 Å². The molecule has 1 aliphatic rings. The molecule has 1 fully saturated rings. The highest BCUT2D eigenvalue weighted by Gasteiger charge is 2.32. The molecule has 0 amide bonds. The first kappa shape index (κ1) is 10.5. The standard InChI is InChI=1S/C9H17NO3/c1-2-8(9(11)12)13-7-3-6(4-7)5-10/h6-8H,2-5,10H2,1H3,(H,11,12). The molecule has 0 radical (unpaired) electrons. The molecule has 1 atom stereocenters. The van der Waals surface area contributed by atoms with Gasteiger partial charge in [-0.2, -0.15) is 0 Å². The quantitative estimate of drug-likeness (QED) is 0.661. The molecule has 0 aromatic rings. The van der Waals surface area contributed by atoms with E-state index in [4.69, 9.17) is 15.6 Å². The third kappa shape index (κ3) is 2.67. The summed E-state index contributed by atoms with van der Waals surface area (Å²) in [5.41, 5.74) is 5.45. The Kier molecular flexibility index (Phi) is 3.69. The summed E-state index contributed by atoms with van der Waals surface area (Å²) in [6, 6.07) is 0. The van der Waals surface area contributed by atoms with Crippen LogP contribution in [0, 0.1) is 5.92 Å². The molecular formula is C9H17NO3. The van der Waals surface area contributed by atoms with Crippen LogP contribution in [0.15, 0.2) is 0 Å². The smallest absolute Gasteiger partial charge is 0.332 e. The zero-order chi connectivity index (χ0) is 9.84. The summed E-state index contributed by atoms with van der Waals surface area (Å²) in [7, 11) is 0. The van der Waals surface area contributed by atoms with Crippen LogP contribution in [0.5, 0.6) is 0 Å². The van der Waals surface area contributed by atoms with E-state index in [1.807, 2.05) is 6.92 Å². The van der Waals surface area contributed by atoms with E-state index < -0.39 is 12.1 Å². The fraction of sp³-hybridized carbons (Fsp3) is 0.889. The molecule has 0 spiro atoms. The number of ether oxygens (including phenoxy) is 1. The zero-order valence-electron chi connectivity index (χ0n) is 7.90. The lowest BCUT2D eigenvalue weighted by atomic mass is 9.82. The van der Waals surface area contributed by atoms with E-state index in [0.717, 1.165) is 12.8 Å². The molecule has 4 heteroatoms. The molecule has 0 bridgehead atoms. The minimum Gasteiger partial charge on any atom is -0.479 e. The van der Waals surface area contributed by atoms with Gasteiger partial charge >= 0.3 is 5.97 Å². The first-order valence-electron chi connectivity index (χ1n) is 4.75. The second-order valence-electron chi connectivity index (χ2n) is 3.57. The normalized spacial score (nSPS) is 29.4. The number of carbonyl (C=O) groups is 1. The minimum absolute atomic E-state index is 0.120. The number of hydrogen-bond donors (Lipinski definition) is 2. The van der Waals surface area contributed by atoms with E-state index in [1.165, 1.54) is 0 Å². The number of nitrogens with two attached hydrogens (primary N) is 1. The maximum Gasteiger partial charge on any atom is 0.332 e. The fourth-order valence-electron chi connectivity index (χ4n) is 1.54. The molecular weight excluding hydrogens is 170 g/mol. The number of rotatable bonds is 5. The molecule has 0 aromatic carbocycles. The molecule has 13 heavy (non-hydrogen) atoms. The van der Waals surface area contributed by atoms with Gasteiger partial charge in [-0.3, -0.25) is 0 Å². The number of carboxylic acids is 1. The minimum atomic E-state index is -0.862. The topological polar surface area (TPSA) is 72.5 Å². The van der Waals surface area contributed by atoms with Gasteiger partial charge in [0.15, 0.2) is 6.10 Å². The molecule has 0 aliphatic heterocycles. The predicted octanol–water partition coefficient (Wildman–Crippen LogP) is 0.603. The molecule has 1 saturated carbocycles. The van der Waals surface area contributed by atoms with Crippen molar-refractivity contribution in [1.82, 2.24) is 0 Å². The average Bonchev–Trinajstić information content (AvgIpc) is 2.02. The van der Waals surface area contributed by atoms with Gasteiger partial charge < -0.3 is 15.6 Å². The summed E-state index contributed by atoms with van der Waals surface area (Å²) in [4.78, 5) is 10.6. The van der Waals surface area contributed by atoms with Gasteiger partial charge in [-0.1, -0.05) is 6.92 Å². The highest BCUT2D eigenvalue weighted by atomic mass is 16.5. The van der Waals surface area contributed by atoms with Crippen molar-refractivity contribution in [2.75, 3.05) is 6.54 Å². The van der Waals surface area contributed by atoms with Crippen molar-refractivity contribution in [3.05, 3.63) is 0 Å². The van der Waals surface area contributed by atoms with Crippen LogP contribution in [0.1, 0.15) is 26.2 Å². The molecule has 4 nitrogen and oxygen atoms in total. The van der Waals surface area contributed by atoms with E-state index in [1.54, 1.807) is 0 Å². The largest absolute Gasteiger partial charge is 0.479 e. The Labute approximate surface area is 78.1 Å². The third-order valence-electron chi connectivity index (χ3n) is 2.53. The van der Waals surface area contributed by atoms with Crippen LogP contribution >= 0.6 is 0 Å². The van der Waals surface area contributed by atoms with Gasteiger partial charge in [-0.05, 0) is 31.7 Å². The van der Waals surface area contributed by atoms with Crippen molar-refractivity contribution in [1.29, 1.82) is 0 Å². The van der Waals surface area contributed by atoms with Crippen molar-refractivity contribution in [3.63, 3.8) is 0 Å². The maximum absolute atomic E-state index is 10.6. The predicted molar refractivity (Wildman–Crippen MR) is 48.4 cm³/mol. The van der Waals surface area contributed by atoms with Crippen LogP contribution in [-0.2, 0) is 9.53 Å². The number of carboxylic acid groups (broad SMARTS) is 1. The van der Waals surface area contributed by atoms with Crippen LogP contribution in [0.2, 0.25) is 0 Å². The van der Waals surface area contributed by atoms with Crippen LogP contribution in [0.3, 0.4) is 0 Å². The summed E-state index contributed by atoms with van der Waals surface area (Å²) in [6.45, 7) is 2.50. The first-order valence-corrected chi connectivity index (χ1v) is 4.75. The SMILES string of the molecule is CCC(OC1CC(CN)C1)C(=O)O. The fourth-order valence-corrected chi connectivity index (χ4v) is 1.54. The highest BCUT2D eigenvalue weighted by molar-refractivity contribution is 5.72. The molecule has 1 unspecified atom stereocenters. The first-order chi connectivity index (χ1) is 6.17. The molecule has 1 aliphatic carbocycles. The van der Waals surface area contributed by atoms with E-state index in [-0.39, 0.29) is 6.10 Å². The average molecular weight is 187 g/mol. The highest BCUT2D eigenvalue weighted by Crippen LogP contribution is 2.30. The molecule has 76 valence electrons. The maximum atomic E-state index is 10.6. The van der Waals surface area contributed by atoms with Gasteiger partial charge in [0.25, 0.3) is 0 Å². The molecule has 1 rings (SSSR count). The summed E-state index contributed by atoms with van der Waals surface area (Å²) in [5.74, 6) is -0.324. The Morgan fingerprint density at radius 1 is 1.69 bits per heavy atom. The monoisotopic (exact) mass is 187 g/mol. The Morgan fingerprint density at radius 2 is 2.31 bits per heavy atom. The van der Waals surface area contributed by atoms with Crippen molar-refractivity contribution < 1.29 is 14.6 Å². The molecule has 0 saturated heterocycles. The summed E-state index contributed by atoms with van der Waals surface area (Å²) in [6.07, 6.45) is 1.85. The Bertz CT molecular complexity index is 178. The number of hydrogen-bond acceptors (Lipinski definition) is 3. The van der Waals surface area contributed by atoms with E-state index >= 15 is 0 Å². The molecule has 0 aromatic heterocycles. The lowest BCUT2D eigenvalue weighted by molar-refractivity contribution is -0.160. The van der Waals surface area contributed by atoms with Crippen LogP contribution in [0.25, 0.3) is 0 Å². The summed E-state index contributed by atoms with van der Waals surface area (Å²) in [5, 5.41) is 8.72. The zero-order valence-corrected chi connectivity index (χ0v) is 7.90. The third-order valence-corrected chi connectivity index (χ3v) is 2.53. The van der Waals surface area contributed by atoms with Gasteiger partial charge in [0.05, 0.1) is 6.10 Å². The van der Waals surface area contributed by atoms with E-state index in [0.29, 0.717) is 18.9 Å². The van der Waals surface area contributed by atoms with Gasteiger partial charge in [-0.15, -0.1) is 0 Å². The molecule has 0 heterocycles. The Morgan fingerprint density at radius 3 is 2.69 bits per heavy atom. The van der Waals surface area contributed by atoms with E-state index in [2.05, 4.69) is 0 Å². The number of aliphatic carboxylic acids is 1. The second kappa shape index (κ2) is 4.58. The summed E-state index contributed by atoms with van der Waals surface area (Å²) < 4.78 is 5.37. The van der Waals surface area contributed by atoms with Crippen LogP contribution in [0.4, 0.5) is 0 Å². The van der Waals surface area contributed by atoms with Gasteiger partial charge in [-0.25, -0.2) is 4.79 Å². The molecule has 3 N–H and O–H groups in total. The second-order valence-corrected chi connectivity index (χ2v) is 3.57. The van der Waals surface area contributed by atoms with Crippen molar-refractivity contribution in [3.8, 4) is 0 Å². The Hall–Kier alpha value is -0.610. The van der Waals surface area contributed by atoms with Crippen molar-refractivity contribution in [2.45, 2.75) is 38.4 Å². The van der Waals surface area contributed by atoms with Gasteiger partial charge in [0.1, 0.15) is 0 Å². The van der Waals surface area contributed by atoms with Crippen molar-refractivity contribution in [2.24, 2.45) is 11.7 Å². The Balaban J connectivity index is 2.21. The van der Waals surface area contributed by atoms with E-state index in [9.17, 15) is 4.79 Å². The lowest BCUT2D eigenvalue weighted by Crippen LogP contribution is -2.40. The van der Waals surface area contributed by atoms with Crippen molar-refractivity contribution >= 4 is 5.97 Å². The summed E-state index contributed by atoms with van der Waals surface area (Å²) >= 11 is 0. The van der Waals surface area contributed by atoms with Gasteiger partial charge in [0.2, 0.25) is 0 Å². The van der Waals surface area contributed by atoms with Crippen LogP contribution < -0.4 is 5.73 Å². The lowest BCUT2D eigenvalue weighted by Gasteiger charge is -2.35. The van der Waals surface area contributed by atoms with Gasteiger partial charge in [0, 0.05) is 0 Å².